The fraction of sp³-hybridized carbons (Fsp3) is 0.360. The number of fused-ring (bicyclic) bond motifs is 1. The van der Waals surface area contributed by atoms with Crippen LogP contribution >= 0.6 is 0 Å². The highest BCUT2D eigenvalue weighted by Gasteiger charge is 2.31. The van der Waals surface area contributed by atoms with Crippen molar-refractivity contribution in [1.82, 2.24) is 0 Å². The monoisotopic (exact) mass is 404 g/mol. The van der Waals surface area contributed by atoms with Crippen LogP contribution in [0.4, 0.5) is 5.69 Å². The van der Waals surface area contributed by atoms with Gasteiger partial charge in [0.1, 0.15) is 12.3 Å². The summed E-state index contributed by atoms with van der Waals surface area (Å²) in [4.78, 5) is 14.5. The summed E-state index contributed by atoms with van der Waals surface area (Å²) in [6.45, 7) is 12.2. The third-order valence-electron chi connectivity index (χ3n) is 5.11. The van der Waals surface area contributed by atoms with E-state index < -0.39 is 0 Å². The Morgan fingerprint density at radius 1 is 1.07 bits per heavy atom. The molecule has 0 saturated heterocycles. The lowest BCUT2D eigenvalue weighted by Crippen LogP contribution is -2.37. The van der Waals surface area contributed by atoms with Gasteiger partial charge in [-0.05, 0) is 46.7 Å². The molecular formula is C25H28N2O3. The number of rotatable bonds is 2. The highest BCUT2D eigenvalue weighted by molar-refractivity contribution is 6.10. The number of anilines is 1. The first-order chi connectivity index (χ1) is 13.9. The number of hydrogen-bond donors (Lipinski definition) is 1. The Morgan fingerprint density at radius 3 is 2.17 bits per heavy atom. The summed E-state index contributed by atoms with van der Waals surface area (Å²) < 4.78 is 5.90. The second-order valence-electron chi connectivity index (χ2n) is 9.59. The maximum atomic E-state index is 13.0. The summed E-state index contributed by atoms with van der Waals surface area (Å²) in [6.07, 6.45) is 1.69. The summed E-state index contributed by atoms with van der Waals surface area (Å²) in [6, 6.07) is 13.0. The summed E-state index contributed by atoms with van der Waals surface area (Å²) in [5, 5.41) is 20.1. The van der Waals surface area contributed by atoms with Crippen LogP contribution in [0.25, 0.3) is 6.08 Å². The van der Waals surface area contributed by atoms with Gasteiger partial charge in [-0.25, -0.2) is 0 Å². The number of carbonyl (C=O) groups is 1. The molecule has 0 spiro atoms. The average molecular weight is 405 g/mol. The van der Waals surface area contributed by atoms with Gasteiger partial charge in [-0.2, -0.15) is 5.26 Å². The molecule has 0 atom stereocenters. The maximum absolute atomic E-state index is 13.0. The van der Waals surface area contributed by atoms with Gasteiger partial charge in [0.05, 0.1) is 11.8 Å². The molecule has 0 radical (unpaired) electrons. The molecule has 2 aromatic rings. The summed E-state index contributed by atoms with van der Waals surface area (Å²) in [5.74, 6) is 0.598. The van der Waals surface area contributed by atoms with Crippen molar-refractivity contribution in [2.24, 2.45) is 0 Å². The number of nitrogens with zero attached hydrogens (tertiary/aromatic N) is 2. The van der Waals surface area contributed by atoms with Crippen molar-refractivity contribution in [3.05, 3.63) is 58.8 Å². The van der Waals surface area contributed by atoms with Crippen LogP contribution in [0.2, 0.25) is 0 Å². The minimum atomic E-state index is -0.363. The number of para-hydroxylation sites is 2. The summed E-state index contributed by atoms with van der Waals surface area (Å²) >= 11 is 0. The molecule has 1 heterocycles. The Labute approximate surface area is 178 Å². The van der Waals surface area contributed by atoms with Crippen molar-refractivity contribution in [2.45, 2.75) is 52.4 Å². The van der Waals surface area contributed by atoms with Gasteiger partial charge >= 0.3 is 0 Å². The number of phenolic OH excluding ortho intramolecular Hbond substituents is 1. The van der Waals surface area contributed by atoms with Crippen LogP contribution in [0.3, 0.4) is 0 Å². The first kappa shape index (κ1) is 21.4. The quantitative estimate of drug-likeness (QED) is 0.546. The Morgan fingerprint density at radius 2 is 1.63 bits per heavy atom. The Bertz CT molecular complexity index is 1030. The number of aromatic hydroxyl groups is 1. The van der Waals surface area contributed by atoms with Gasteiger partial charge in [-0.3, -0.25) is 9.69 Å². The van der Waals surface area contributed by atoms with Crippen molar-refractivity contribution in [3.8, 4) is 17.6 Å². The minimum absolute atomic E-state index is 0.0629. The van der Waals surface area contributed by atoms with E-state index in [0.717, 1.165) is 16.7 Å². The predicted molar refractivity (Wildman–Crippen MR) is 119 cm³/mol. The first-order valence-electron chi connectivity index (χ1n) is 9.99. The van der Waals surface area contributed by atoms with E-state index in [2.05, 4.69) is 0 Å². The molecule has 5 heteroatoms. The normalized spacial score (nSPS) is 15.6. The van der Waals surface area contributed by atoms with Crippen LogP contribution in [0.5, 0.6) is 11.5 Å². The molecule has 1 N–H and O–H groups in total. The van der Waals surface area contributed by atoms with Crippen molar-refractivity contribution >= 4 is 17.7 Å². The van der Waals surface area contributed by atoms with Crippen LogP contribution in [0.15, 0.2) is 42.2 Å². The molecule has 0 bridgehead atoms. The van der Waals surface area contributed by atoms with Crippen molar-refractivity contribution in [2.75, 3.05) is 11.4 Å². The average Bonchev–Trinajstić information content (AvgIpc) is 2.64. The van der Waals surface area contributed by atoms with E-state index in [1.807, 2.05) is 65.8 Å². The molecule has 156 valence electrons. The fourth-order valence-electron chi connectivity index (χ4n) is 3.52. The van der Waals surface area contributed by atoms with Gasteiger partial charge < -0.3 is 9.84 Å². The second-order valence-corrected chi connectivity index (χ2v) is 9.59. The Kier molecular flexibility index (Phi) is 5.38. The molecule has 1 aliphatic heterocycles. The standard InChI is InChI=1S/C25H28N2O3/c1-24(2,3)17-13-16(14-18(22(17)28)25(4,5)6)15-21-23(29)27(12-11-26)19-9-7-8-10-20(19)30-21/h7-10,13-15,28H,12H2,1-6H3. The van der Waals surface area contributed by atoms with Crippen molar-refractivity contribution in [3.63, 3.8) is 0 Å². The lowest BCUT2D eigenvalue weighted by Gasteiger charge is -2.29. The highest BCUT2D eigenvalue weighted by atomic mass is 16.5. The molecule has 30 heavy (non-hydrogen) atoms. The van der Waals surface area contributed by atoms with Crippen LogP contribution in [-0.4, -0.2) is 17.6 Å². The van der Waals surface area contributed by atoms with E-state index >= 15 is 0 Å². The van der Waals surface area contributed by atoms with Crippen molar-refractivity contribution < 1.29 is 14.6 Å². The minimum Gasteiger partial charge on any atom is -0.507 e. The van der Waals surface area contributed by atoms with Crippen LogP contribution in [0.1, 0.15) is 58.2 Å². The van der Waals surface area contributed by atoms with E-state index in [-0.39, 0.29) is 34.8 Å². The molecule has 0 aromatic heterocycles. The lowest BCUT2D eigenvalue weighted by molar-refractivity contribution is -0.117. The lowest BCUT2D eigenvalue weighted by atomic mass is 9.78. The molecule has 2 aromatic carbocycles. The molecule has 1 amide bonds. The van der Waals surface area contributed by atoms with Gasteiger partial charge in [0, 0.05) is 11.1 Å². The van der Waals surface area contributed by atoms with Gasteiger partial charge in [0.25, 0.3) is 5.91 Å². The van der Waals surface area contributed by atoms with E-state index in [1.54, 1.807) is 24.3 Å². The zero-order valence-corrected chi connectivity index (χ0v) is 18.4. The zero-order chi connectivity index (χ0) is 22.3. The van der Waals surface area contributed by atoms with Gasteiger partial charge in [0.15, 0.2) is 11.5 Å². The smallest absolute Gasteiger partial charge is 0.295 e. The van der Waals surface area contributed by atoms with E-state index in [4.69, 9.17) is 4.74 Å². The largest absolute Gasteiger partial charge is 0.507 e. The number of carbonyl (C=O) groups excluding carboxylic acids is 1. The molecule has 0 fully saturated rings. The number of amides is 1. The Balaban J connectivity index is 2.17. The van der Waals surface area contributed by atoms with Crippen molar-refractivity contribution in [1.29, 1.82) is 5.26 Å². The maximum Gasteiger partial charge on any atom is 0.295 e. The molecule has 0 aliphatic carbocycles. The number of ether oxygens (including phenoxy) is 1. The SMILES string of the molecule is CC(C)(C)c1cc(C=C2Oc3ccccc3N(CC#N)C2=O)cc(C(C)(C)C)c1O. The third kappa shape index (κ3) is 4.04. The Hall–Kier alpha value is -3.26. The molecule has 1 aliphatic rings. The number of benzene rings is 2. The molecule has 3 rings (SSSR count). The van der Waals surface area contributed by atoms with Crippen LogP contribution in [-0.2, 0) is 15.6 Å². The molecule has 0 saturated carbocycles. The van der Waals surface area contributed by atoms with Crippen LogP contribution in [0, 0.1) is 11.3 Å². The van der Waals surface area contributed by atoms with Gasteiger partial charge in [-0.15, -0.1) is 0 Å². The number of phenols is 1. The van der Waals surface area contributed by atoms with Crippen LogP contribution < -0.4 is 9.64 Å². The summed E-state index contributed by atoms with van der Waals surface area (Å²) in [5.41, 5.74) is 2.39. The van der Waals surface area contributed by atoms with E-state index in [0.29, 0.717) is 11.4 Å². The van der Waals surface area contributed by atoms with E-state index in [9.17, 15) is 15.2 Å². The van der Waals surface area contributed by atoms with Gasteiger partial charge in [-0.1, -0.05) is 53.7 Å². The molecule has 5 nitrogen and oxygen atoms in total. The second kappa shape index (κ2) is 7.53. The topological polar surface area (TPSA) is 73.6 Å². The molecule has 0 unspecified atom stereocenters. The highest BCUT2D eigenvalue weighted by Crippen LogP contribution is 2.41. The fourth-order valence-corrected chi connectivity index (χ4v) is 3.52. The molecular weight excluding hydrogens is 376 g/mol. The first-order valence-corrected chi connectivity index (χ1v) is 9.99. The van der Waals surface area contributed by atoms with Gasteiger partial charge in [0.2, 0.25) is 0 Å². The van der Waals surface area contributed by atoms with E-state index in [1.165, 1.54) is 4.90 Å². The summed E-state index contributed by atoms with van der Waals surface area (Å²) in [7, 11) is 0. The number of nitriles is 1. The zero-order valence-electron chi connectivity index (χ0n) is 18.4. The predicted octanol–water partition coefficient (Wildman–Crippen LogP) is 5.28. The number of hydrogen-bond acceptors (Lipinski definition) is 4. The third-order valence-corrected chi connectivity index (χ3v) is 5.11.